The second-order valence-corrected chi connectivity index (χ2v) is 8.53. The first-order valence-corrected chi connectivity index (χ1v) is 9.47. The highest BCUT2D eigenvalue weighted by atomic mass is 16.3. The summed E-state index contributed by atoms with van der Waals surface area (Å²) in [6, 6.07) is 18.5. The van der Waals surface area contributed by atoms with Gasteiger partial charge in [0.2, 0.25) is 0 Å². The van der Waals surface area contributed by atoms with Crippen molar-refractivity contribution in [2.45, 2.75) is 45.4 Å². The summed E-state index contributed by atoms with van der Waals surface area (Å²) in [7, 11) is 0. The lowest BCUT2D eigenvalue weighted by molar-refractivity contribution is 0.447. The number of phenolic OH excluding ortho intramolecular Hbond substituents is 3. The summed E-state index contributed by atoms with van der Waals surface area (Å²) in [6.45, 7) is 10.4. The fourth-order valence-corrected chi connectivity index (χ4v) is 3.70. The summed E-state index contributed by atoms with van der Waals surface area (Å²) in [5, 5.41) is 30.1. The molecule has 0 aliphatic carbocycles. The molecule has 3 aromatic rings. The van der Waals surface area contributed by atoms with Gasteiger partial charge in [-0.15, -0.1) is 0 Å². The molecule has 0 unspecified atom stereocenters. The van der Waals surface area contributed by atoms with Gasteiger partial charge in [-0.05, 0) is 53.4 Å². The number of aromatic hydroxyl groups is 3. The molecule has 0 heterocycles. The van der Waals surface area contributed by atoms with E-state index in [1.54, 1.807) is 24.3 Å². The van der Waals surface area contributed by atoms with Crippen LogP contribution in [0.5, 0.6) is 17.2 Å². The molecule has 0 atom stereocenters. The fourth-order valence-electron chi connectivity index (χ4n) is 3.70. The van der Waals surface area contributed by atoms with Gasteiger partial charge >= 0.3 is 0 Å². The Morgan fingerprint density at radius 3 is 1.46 bits per heavy atom. The zero-order valence-corrected chi connectivity index (χ0v) is 17.1. The van der Waals surface area contributed by atoms with Crippen LogP contribution in [0, 0.1) is 6.92 Å². The van der Waals surface area contributed by atoms with Crippen molar-refractivity contribution in [2.75, 3.05) is 0 Å². The summed E-state index contributed by atoms with van der Waals surface area (Å²) in [6.07, 6.45) is 0. The van der Waals surface area contributed by atoms with Crippen molar-refractivity contribution in [1.29, 1.82) is 0 Å². The standard InChI is InChI=1S/C25H28O3/c1-16-14-19(24(2,3)17-6-10-20(26)11-7-17)15-22(23(16)28)25(4,5)18-8-12-21(27)13-9-18/h6-15,26-28H,1-5H3. The minimum Gasteiger partial charge on any atom is -0.508 e. The topological polar surface area (TPSA) is 60.7 Å². The molecule has 3 N–H and O–H groups in total. The van der Waals surface area contributed by atoms with Gasteiger partial charge in [0.15, 0.2) is 0 Å². The van der Waals surface area contributed by atoms with Crippen LogP contribution in [0.25, 0.3) is 0 Å². The molecule has 28 heavy (non-hydrogen) atoms. The summed E-state index contributed by atoms with van der Waals surface area (Å²) >= 11 is 0. The van der Waals surface area contributed by atoms with Crippen molar-refractivity contribution >= 4 is 0 Å². The van der Waals surface area contributed by atoms with E-state index in [1.807, 2.05) is 37.3 Å². The van der Waals surface area contributed by atoms with Crippen molar-refractivity contribution in [2.24, 2.45) is 0 Å². The van der Waals surface area contributed by atoms with E-state index in [-0.39, 0.29) is 16.9 Å². The Kier molecular flexibility index (Phi) is 4.88. The molecule has 0 bridgehead atoms. The highest BCUT2D eigenvalue weighted by molar-refractivity contribution is 5.54. The minimum absolute atomic E-state index is 0.224. The zero-order valence-electron chi connectivity index (χ0n) is 17.1. The second-order valence-electron chi connectivity index (χ2n) is 8.53. The van der Waals surface area contributed by atoms with Crippen LogP contribution in [0.15, 0.2) is 60.7 Å². The van der Waals surface area contributed by atoms with E-state index >= 15 is 0 Å². The molecule has 3 rings (SSSR count). The monoisotopic (exact) mass is 376 g/mol. The van der Waals surface area contributed by atoms with Gasteiger partial charge in [-0.1, -0.05) is 64.1 Å². The van der Waals surface area contributed by atoms with Crippen molar-refractivity contribution in [3.63, 3.8) is 0 Å². The maximum absolute atomic E-state index is 10.9. The lowest BCUT2D eigenvalue weighted by Gasteiger charge is -2.32. The average Bonchev–Trinajstić information content (AvgIpc) is 2.64. The second kappa shape index (κ2) is 6.90. The summed E-state index contributed by atoms with van der Waals surface area (Å²) in [5.41, 5.74) is 4.13. The first-order chi connectivity index (χ1) is 13.0. The van der Waals surface area contributed by atoms with Gasteiger partial charge < -0.3 is 15.3 Å². The van der Waals surface area contributed by atoms with Crippen molar-refractivity contribution in [3.8, 4) is 17.2 Å². The Morgan fingerprint density at radius 2 is 1.00 bits per heavy atom. The fraction of sp³-hybridized carbons (Fsp3) is 0.280. The van der Waals surface area contributed by atoms with Gasteiger partial charge in [-0.25, -0.2) is 0 Å². The molecule has 0 spiro atoms. The lowest BCUT2D eigenvalue weighted by Crippen LogP contribution is -2.23. The van der Waals surface area contributed by atoms with E-state index in [2.05, 4.69) is 33.8 Å². The Hall–Kier alpha value is -2.94. The Morgan fingerprint density at radius 1 is 0.571 bits per heavy atom. The van der Waals surface area contributed by atoms with Crippen LogP contribution < -0.4 is 0 Å². The van der Waals surface area contributed by atoms with Crippen LogP contribution >= 0.6 is 0 Å². The van der Waals surface area contributed by atoms with Crippen molar-refractivity contribution < 1.29 is 15.3 Å². The normalized spacial score (nSPS) is 12.2. The lowest BCUT2D eigenvalue weighted by atomic mass is 9.72. The third kappa shape index (κ3) is 3.45. The molecule has 0 aliphatic heterocycles. The molecule has 0 aromatic heterocycles. The van der Waals surface area contributed by atoms with E-state index in [0.29, 0.717) is 5.75 Å². The maximum Gasteiger partial charge on any atom is 0.122 e. The van der Waals surface area contributed by atoms with E-state index in [0.717, 1.165) is 27.8 Å². The van der Waals surface area contributed by atoms with Gasteiger partial charge in [0.25, 0.3) is 0 Å². The SMILES string of the molecule is Cc1cc(C(C)(C)c2ccc(O)cc2)cc(C(C)(C)c2ccc(O)cc2)c1O. The van der Waals surface area contributed by atoms with E-state index in [1.165, 1.54) is 0 Å². The molecular weight excluding hydrogens is 348 g/mol. The summed E-state index contributed by atoms with van der Waals surface area (Å²) in [4.78, 5) is 0. The molecule has 3 aromatic carbocycles. The molecule has 0 aliphatic rings. The van der Waals surface area contributed by atoms with Crippen LogP contribution in [-0.2, 0) is 10.8 Å². The third-order valence-corrected chi connectivity index (χ3v) is 5.87. The number of phenols is 3. The molecule has 146 valence electrons. The van der Waals surface area contributed by atoms with Crippen LogP contribution in [0.1, 0.15) is 55.5 Å². The van der Waals surface area contributed by atoms with Crippen molar-refractivity contribution in [1.82, 2.24) is 0 Å². The van der Waals surface area contributed by atoms with E-state index in [9.17, 15) is 15.3 Å². The van der Waals surface area contributed by atoms with Crippen LogP contribution in [0.4, 0.5) is 0 Å². The van der Waals surface area contributed by atoms with Crippen LogP contribution in [0.3, 0.4) is 0 Å². The molecular formula is C25H28O3. The Bertz CT molecular complexity index is 982. The third-order valence-electron chi connectivity index (χ3n) is 5.87. The maximum atomic E-state index is 10.9. The molecule has 3 heteroatoms. The van der Waals surface area contributed by atoms with Gasteiger partial charge in [-0.3, -0.25) is 0 Å². The largest absolute Gasteiger partial charge is 0.508 e. The minimum atomic E-state index is -0.441. The van der Waals surface area contributed by atoms with Gasteiger partial charge in [0.05, 0.1) is 0 Å². The zero-order chi connectivity index (χ0) is 20.7. The molecule has 0 fully saturated rings. The molecule has 3 nitrogen and oxygen atoms in total. The quantitative estimate of drug-likeness (QED) is 0.542. The predicted molar refractivity (Wildman–Crippen MR) is 113 cm³/mol. The van der Waals surface area contributed by atoms with Crippen LogP contribution in [0.2, 0.25) is 0 Å². The van der Waals surface area contributed by atoms with Gasteiger partial charge in [0.1, 0.15) is 17.2 Å². The first kappa shape index (κ1) is 19.8. The molecule has 0 saturated carbocycles. The van der Waals surface area contributed by atoms with Gasteiger partial charge in [-0.2, -0.15) is 0 Å². The number of benzene rings is 3. The number of aryl methyl sites for hydroxylation is 1. The highest BCUT2D eigenvalue weighted by Gasteiger charge is 2.31. The van der Waals surface area contributed by atoms with E-state index in [4.69, 9.17) is 0 Å². The predicted octanol–water partition coefficient (Wildman–Crippen LogP) is 5.76. The Balaban J connectivity index is 2.15. The molecule has 0 radical (unpaired) electrons. The number of hydrogen-bond acceptors (Lipinski definition) is 3. The average molecular weight is 376 g/mol. The number of rotatable bonds is 4. The molecule has 0 amide bonds. The van der Waals surface area contributed by atoms with Crippen molar-refractivity contribution in [3.05, 3.63) is 88.5 Å². The first-order valence-electron chi connectivity index (χ1n) is 9.47. The molecule has 0 saturated heterocycles. The number of hydrogen-bond donors (Lipinski definition) is 3. The smallest absolute Gasteiger partial charge is 0.122 e. The summed E-state index contributed by atoms with van der Waals surface area (Å²) in [5.74, 6) is 0.765. The van der Waals surface area contributed by atoms with E-state index < -0.39 is 5.41 Å². The summed E-state index contributed by atoms with van der Waals surface area (Å²) < 4.78 is 0. The van der Waals surface area contributed by atoms with Crippen LogP contribution in [-0.4, -0.2) is 15.3 Å². The Labute approximate surface area is 166 Å². The van der Waals surface area contributed by atoms with Gasteiger partial charge in [0, 0.05) is 16.4 Å². The highest BCUT2D eigenvalue weighted by Crippen LogP contribution is 2.43.